The molecular weight excluding hydrogens is 244 g/mol. The quantitative estimate of drug-likeness (QED) is 0.864. The van der Waals surface area contributed by atoms with Crippen molar-refractivity contribution in [1.82, 2.24) is 9.62 Å². The minimum Gasteiger partial charge on any atom is -0.314 e. The summed E-state index contributed by atoms with van der Waals surface area (Å²) >= 11 is 1.30. The number of piperazine rings is 1. The Hall–Kier alpha value is -0.430. The Labute approximate surface area is 100 Å². The molecule has 0 spiro atoms. The van der Waals surface area contributed by atoms with Crippen molar-refractivity contribution in [2.45, 2.75) is 24.1 Å². The van der Waals surface area contributed by atoms with Crippen LogP contribution in [0.3, 0.4) is 0 Å². The smallest absolute Gasteiger partial charge is 0.253 e. The molecule has 0 aliphatic carbocycles. The molecule has 0 saturated carbocycles. The lowest BCUT2D eigenvalue weighted by atomic mass is 10.3. The molecule has 6 heteroatoms. The summed E-state index contributed by atoms with van der Waals surface area (Å²) in [6.45, 7) is 5.79. The average Bonchev–Trinajstić information content (AvgIpc) is 2.65. The van der Waals surface area contributed by atoms with Crippen LogP contribution in [0.25, 0.3) is 0 Å². The van der Waals surface area contributed by atoms with Gasteiger partial charge in [-0.25, -0.2) is 8.42 Å². The predicted octanol–water partition coefficient (Wildman–Crippen LogP) is 1.04. The first-order valence-corrected chi connectivity index (χ1v) is 7.62. The van der Waals surface area contributed by atoms with Crippen LogP contribution in [0.5, 0.6) is 0 Å². The zero-order valence-electron chi connectivity index (χ0n) is 9.43. The Kier molecular flexibility index (Phi) is 3.34. The van der Waals surface area contributed by atoms with Crippen molar-refractivity contribution < 1.29 is 8.42 Å². The molecule has 1 aromatic rings. The summed E-state index contributed by atoms with van der Waals surface area (Å²) in [5.41, 5.74) is 0.843. The number of hydrogen-bond donors (Lipinski definition) is 1. The lowest BCUT2D eigenvalue weighted by Crippen LogP contribution is -2.52. The molecule has 1 unspecified atom stereocenters. The molecule has 1 N–H and O–H groups in total. The third-order valence-electron chi connectivity index (χ3n) is 2.80. The van der Waals surface area contributed by atoms with Crippen LogP contribution in [0.4, 0.5) is 0 Å². The Morgan fingerprint density at radius 2 is 2.31 bits per heavy atom. The Morgan fingerprint density at radius 3 is 2.88 bits per heavy atom. The van der Waals surface area contributed by atoms with Gasteiger partial charge < -0.3 is 5.32 Å². The third kappa shape index (κ3) is 2.02. The SMILES string of the molecule is Cc1ccsc1S(=O)(=O)N1CCNCC1C. The van der Waals surface area contributed by atoms with Crippen molar-refractivity contribution in [3.8, 4) is 0 Å². The molecular formula is C10H16N2O2S2. The number of thiophene rings is 1. The zero-order chi connectivity index (χ0) is 11.8. The highest BCUT2D eigenvalue weighted by atomic mass is 32.2. The van der Waals surface area contributed by atoms with Crippen LogP contribution in [-0.4, -0.2) is 38.4 Å². The van der Waals surface area contributed by atoms with Gasteiger partial charge in [0.2, 0.25) is 0 Å². The predicted molar refractivity (Wildman–Crippen MR) is 65.3 cm³/mol. The normalized spacial score (nSPS) is 23.5. The molecule has 90 valence electrons. The van der Waals surface area contributed by atoms with Crippen LogP contribution in [0.2, 0.25) is 0 Å². The maximum absolute atomic E-state index is 12.4. The van der Waals surface area contributed by atoms with E-state index in [4.69, 9.17) is 0 Å². The van der Waals surface area contributed by atoms with Gasteiger partial charge in [0.15, 0.2) is 0 Å². The number of sulfonamides is 1. The summed E-state index contributed by atoms with van der Waals surface area (Å²) in [4.78, 5) is 0. The van der Waals surface area contributed by atoms with Gasteiger partial charge in [-0.15, -0.1) is 11.3 Å². The van der Waals surface area contributed by atoms with Gasteiger partial charge in [0.05, 0.1) is 0 Å². The second kappa shape index (κ2) is 4.44. The maximum atomic E-state index is 12.4. The van der Waals surface area contributed by atoms with Crippen LogP contribution in [-0.2, 0) is 10.0 Å². The van der Waals surface area contributed by atoms with E-state index in [1.54, 1.807) is 4.31 Å². The first-order chi connectivity index (χ1) is 7.53. The number of hydrogen-bond acceptors (Lipinski definition) is 4. The topological polar surface area (TPSA) is 49.4 Å². The minimum atomic E-state index is -3.29. The van der Waals surface area contributed by atoms with Gasteiger partial charge in [-0.3, -0.25) is 0 Å². The van der Waals surface area contributed by atoms with Gasteiger partial charge >= 0.3 is 0 Å². The summed E-state index contributed by atoms with van der Waals surface area (Å²) in [5, 5.41) is 5.02. The molecule has 1 fully saturated rings. The molecule has 1 aliphatic heterocycles. The monoisotopic (exact) mass is 260 g/mol. The van der Waals surface area contributed by atoms with Crippen LogP contribution in [0.1, 0.15) is 12.5 Å². The fraction of sp³-hybridized carbons (Fsp3) is 0.600. The summed E-state index contributed by atoms with van der Waals surface area (Å²) in [7, 11) is -3.29. The van der Waals surface area contributed by atoms with Crippen molar-refractivity contribution in [3.63, 3.8) is 0 Å². The van der Waals surface area contributed by atoms with Crippen molar-refractivity contribution in [3.05, 3.63) is 17.0 Å². The Bertz CT molecular complexity index is 467. The summed E-state index contributed by atoms with van der Waals surface area (Å²) in [5.74, 6) is 0. The van der Waals surface area contributed by atoms with Crippen LogP contribution < -0.4 is 5.32 Å². The number of nitrogens with zero attached hydrogens (tertiary/aromatic N) is 1. The fourth-order valence-electron chi connectivity index (χ4n) is 1.91. The first-order valence-electron chi connectivity index (χ1n) is 5.30. The fourth-order valence-corrected chi connectivity index (χ4v) is 5.07. The lowest BCUT2D eigenvalue weighted by molar-refractivity contribution is 0.284. The summed E-state index contributed by atoms with van der Waals surface area (Å²) in [6, 6.07) is 1.88. The highest BCUT2D eigenvalue weighted by Gasteiger charge is 2.32. The average molecular weight is 260 g/mol. The van der Waals surface area contributed by atoms with E-state index in [1.807, 2.05) is 25.3 Å². The second-order valence-electron chi connectivity index (χ2n) is 4.06. The molecule has 0 bridgehead atoms. The molecule has 1 saturated heterocycles. The summed E-state index contributed by atoms with van der Waals surface area (Å²) < 4.78 is 26.9. The van der Waals surface area contributed by atoms with Crippen LogP contribution in [0.15, 0.2) is 15.7 Å². The van der Waals surface area contributed by atoms with Gasteiger partial charge in [-0.05, 0) is 30.9 Å². The van der Waals surface area contributed by atoms with E-state index in [1.165, 1.54) is 11.3 Å². The number of rotatable bonds is 2. The van der Waals surface area contributed by atoms with Gasteiger partial charge in [0, 0.05) is 25.7 Å². The van der Waals surface area contributed by atoms with Crippen molar-refractivity contribution in [2.75, 3.05) is 19.6 Å². The van der Waals surface area contributed by atoms with E-state index in [0.29, 0.717) is 10.8 Å². The largest absolute Gasteiger partial charge is 0.314 e. The van der Waals surface area contributed by atoms with Gasteiger partial charge in [-0.1, -0.05) is 0 Å². The standard InChI is InChI=1S/C10H16N2O2S2/c1-8-3-6-15-10(8)16(13,14)12-5-4-11-7-9(12)2/h3,6,9,11H,4-5,7H2,1-2H3. The highest BCUT2D eigenvalue weighted by Crippen LogP contribution is 2.27. The number of nitrogens with one attached hydrogen (secondary N) is 1. The maximum Gasteiger partial charge on any atom is 0.253 e. The molecule has 0 aromatic carbocycles. The van der Waals surface area contributed by atoms with Gasteiger partial charge in [0.25, 0.3) is 10.0 Å². The highest BCUT2D eigenvalue weighted by molar-refractivity contribution is 7.91. The van der Waals surface area contributed by atoms with E-state index in [2.05, 4.69) is 5.32 Å². The molecule has 0 amide bonds. The van der Waals surface area contributed by atoms with Crippen molar-refractivity contribution in [1.29, 1.82) is 0 Å². The van der Waals surface area contributed by atoms with E-state index in [9.17, 15) is 8.42 Å². The molecule has 1 atom stereocenters. The molecule has 2 heterocycles. The number of aryl methyl sites for hydroxylation is 1. The molecule has 1 aliphatic rings. The van der Waals surface area contributed by atoms with Crippen LogP contribution in [0, 0.1) is 6.92 Å². The lowest BCUT2D eigenvalue weighted by Gasteiger charge is -2.32. The molecule has 1 aromatic heterocycles. The van der Waals surface area contributed by atoms with Gasteiger partial charge in [-0.2, -0.15) is 4.31 Å². The first kappa shape index (κ1) is 12.0. The van der Waals surface area contributed by atoms with Crippen molar-refractivity contribution >= 4 is 21.4 Å². The van der Waals surface area contributed by atoms with Gasteiger partial charge in [0.1, 0.15) is 4.21 Å². The molecule has 16 heavy (non-hydrogen) atoms. The minimum absolute atomic E-state index is 0.0280. The zero-order valence-corrected chi connectivity index (χ0v) is 11.1. The molecule has 2 rings (SSSR count). The van der Waals surface area contributed by atoms with E-state index < -0.39 is 10.0 Å². The molecule has 0 radical (unpaired) electrons. The second-order valence-corrected chi connectivity index (χ2v) is 7.06. The van der Waals surface area contributed by atoms with E-state index in [0.717, 1.165) is 18.7 Å². The van der Waals surface area contributed by atoms with E-state index in [-0.39, 0.29) is 6.04 Å². The Balaban J connectivity index is 2.35. The Morgan fingerprint density at radius 1 is 1.56 bits per heavy atom. The van der Waals surface area contributed by atoms with Crippen molar-refractivity contribution in [2.24, 2.45) is 0 Å². The third-order valence-corrected chi connectivity index (χ3v) is 6.48. The summed E-state index contributed by atoms with van der Waals surface area (Å²) in [6.07, 6.45) is 0. The van der Waals surface area contributed by atoms with E-state index >= 15 is 0 Å². The van der Waals surface area contributed by atoms with Crippen LogP contribution >= 0.6 is 11.3 Å². The molecule has 4 nitrogen and oxygen atoms in total.